The number of hydrogen-bond donors (Lipinski definition) is 2. The number of nitrogens with zero attached hydrogens (tertiary/aromatic N) is 4. The van der Waals surface area contributed by atoms with Gasteiger partial charge in [0.15, 0.2) is 5.11 Å². The third kappa shape index (κ3) is 8.91. The number of carbonyl (C=O) groups is 1. The fourth-order valence-electron chi connectivity index (χ4n) is 4.79. The third-order valence-electron chi connectivity index (χ3n) is 7.12. The van der Waals surface area contributed by atoms with Crippen LogP contribution in [0.2, 0.25) is 0 Å². The molecule has 0 spiro atoms. The summed E-state index contributed by atoms with van der Waals surface area (Å²) in [5, 5.41) is 15.5. The topological polar surface area (TPSA) is 86.0 Å². The van der Waals surface area contributed by atoms with Crippen LogP contribution in [0.4, 0.5) is 18.9 Å². The average molecular weight is 619 g/mol. The smallest absolute Gasteiger partial charge is 0.351 e. The molecule has 0 saturated carbocycles. The molecule has 2 N–H and O–H groups in total. The van der Waals surface area contributed by atoms with Gasteiger partial charge < -0.3 is 20.1 Å². The summed E-state index contributed by atoms with van der Waals surface area (Å²) < 4.78 is 43.4. The second-order valence-corrected chi connectivity index (χ2v) is 10.9. The fraction of sp³-hybridized carbons (Fsp3) is 0.273. The summed E-state index contributed by atoms with van der Waals surface area (Å²) in [5.41, 5.74) is 3.31. The highest BCUT2D eigenvalue weighted by molar-refractivity contribution is 7.80. The molecule has 0 bridgehead atoms. The van der Waals surface area contributed by atoms with E-state index in [1.54, 1.807) is 35.6 Å². The molecule has 44 heavy (non-hydrogen) atoms. The van der Waals surface area contributed by atoms with E-state index in [4.69, 9.17) is 17.5 Å². The molecule has 0 aliphatic rings. The lowest BCUT2D eigenvalue weighted by Gasteiger charge is -2.31. The van der Waals surface area contributed by atoms with Crippen LogP contribution in [0.5, 0.6) is 0 Å². The Bertz CT molecular complexity index is 1630. The standard InChI is InChI=1S/C33H33F3N6OS/c1-3-27(39-31(43)16-29-18-38-22-42(29)19-25-13-11-24(17-37)12-14-25)21-41(32(44)40-28-9-6-7-23(2)15-28)20-26-8-4-5-10-30(26)33(34,35)36/h4-15,18,22,27H,3,16,19-21H2,1-2H3,(H,39,43)(H,40,44)/t27-/m0/s1. The molecule has 1 amide bonds. The van der Waals surface area contributed by atoms with Gasteiger partial charge in [0.05, 0.1) is 29.9 Å². The molecule has 1 heterocycles. The Morgan fingerprint density at radius 3 is 2.55 bits per heavy atom. The van der Waals surface area contributed by atoms with Gasteiger partial charge in [0.2, 0.25) is 5.91 Å². The molecule has 11 heteroatoms. The monoisotopic (exact) mass is 618 g/mol. The van der Waals surface area contributed by atoms with E-state index in [2.05, 4.69) is 21.7 Å². The minimum Gasteiger partial charge on any atom is -0.351 e. The zero-order chi connectivity index (χ0) is 31.7. The summed E-state index contributed by atoms with van der Waals surface area (Å²) >= 11 is 5.70. The molecular formula is C33H33F3N6OS. The molecule has 0 saturated heterocycles. The molecule has 0 fully saturated rings. The molecule has 3 aromatic carbocycles. The summed E-state index contributed by atoms with van der Waals surface area (Å²) in [4.78, 5) is 19.0. The Morgan fingerprint density at radius 1 is 1.11 bits per heavy atom. The molecule has 1 atom stereocenters. The highest BCUT2D eigenvalue weighted by Gasteiger charge is 2.33. The largest absolute Gasteiger partial charge is 0.416 e. The van der Waals surface area contributed by atoms with Crippen LogP contribution in [-0.4, -0.2) is 38.1 Å². The van der Waals surface area contributed by atoms with Crippen molar-refractivity contribution in [3.63, 3.8) is 0 Å². The van der Waals surface area contributed by atoms with E-state index in [0.29, 0.717) is 24.2 Å². The minimum atomic E-state index is -4.52. The zero-order valence-corrected chi connectivity index (χ0v) is 25.3. The molecule has 1 aromatic heterocycles. The van der Waals surface area contributed by atoms with E-state index >= 15 is 0 Å². The van der Waals surface area contributed by atoms with Crippen molar-refractivity contribution < 1.29 is 18.0 Å². The van der Waals surface area contributed by atoms with Gasteiger partial charge in [-0.2, -0.15) is 18.4 Å². The molecule has 0 unspecified atom stereocenters. The lowest BCUT2D eigenvalue weighted by atomic mass is 10.1. The van der Waals surface area contributed by atoms with Crippen molar-refractivity contribution in [3.05, 3.63) is 119 Å². The van der Waals surface area contributed by atoms with Gasteiger partial charge in [-0.15, -0.1) is 0 Å². The highest BCUT2D eigenvalue weighted by atomic mass is 32.1. The van der Waals surface area contributed by atoms with Gasteiger partial charge in [0.1, 0.15) is 0 Å². The number of anilines is 1. The number of nitrogens with one attached hydrogen (secondary N) is 2. The quantitative estimate of drug-likeness (QED) is 0.188. The number of carbonyl (C=O) groups excluding carboxylic acids is 1. The van der Waals surface area contributed by atoms with Crippen molar-refractivity contribution in [2.75, 3.05) is 11.9 Å². The minimum absolute atomic E-state index is 0.0652. The van der Waals surface area contributed by atoms with E-state index in [9.17, 15) is 18.0 Å². The number of imidazole rings is 1. The van der Waals surface area contributed by atoms with E-state index < -0.39 is 17.8 Å². The maximum Gasteiger partial charge on any atom is 0.416 e. The number of hydrogen-bond acceptors (Lipinski definition) is 4. The van der Waals surface area contributed by atoms with Gasteiger partial charge in [-0.1, -0.05) is 49.4 Å². The Labute approximate surface area is 260 Å². The van der Waals surface area contributed by atoms with Gasteiger partial charge >= 0.3 is 6.18 Å². The first kappa shape index (κ1) is 32.2. The molecule has 4 rings (SSSR count). The maximum atomic E-state index is 13.8. The van der Waals surface area contributed by atoms with Gasteiger partial charge in [-0.3, -0.25) is 4.79 Å². The molecule has 7 nitrogen and oxygen atoms in total. The Hall–Kier alpha value is -4.69. The van der Waals surface area contributed by atoms with Gasteiger partial charge in [0.25, 0.3) is 0 Å². The van der Waals surface area contributed by atoms with E-state index in [1.165, 1.54) is 12.1 Å². The van der Waals surface area contributed by atoms with Crippen LogP contribution < -0.4 is 10.6 Å². The number of thiocarbonyl (C=S) groups is 1. The van der Waals surface area contributed by atoms with Crippen LogP contribution in [0.3, 0.4) is 0 Å². The summed E-state index contributed by atoms with van der Waals surface area (Å²) in [5.74, 6) is -0.244. The average Bonchev–Trinajstić information content (AvgIpc) is 3.42. The van der Waals surface area contributed by atoms with Crippen LogP contribution >= 0.6 is 12.2 Å². The third-order valence-corrected chi connectivity index (χ3v) is 7.48. The predicted octanol–water partition coefficient (Wildman–Crippen LogP) is 6.47. The van der Waals surface area contributed by atoms with Crippen LogP contribution in [0.1, 0.15) is 46.9 Å². The molecule has 0 radical (unpaired) electrons. The Balaban J connectivity index is 1.48. The molecular weight excluding hydrogens is 585 g/mol. The summed E-state index contributed by atoms with van der Waals surface area (Å²) in [7, 11) is 0. The number of halogens is 3. The highest BCUT2D eigenvalue weighted by Crippen LogP contribution is 2.32. The SMILES string of the molecule is CC[C@@H](CN(Cc1ccccc1C(F)(F)F)C(=S)Nc1cccc(C)c1)NC(=O)Cc1cncn1Cc1ccc(C#N)cc1. The summed E-state index contributed by atoms with van der Waals surface area (Å²) in [6, 6.07) is 21.9. The van der Waals surface area contributed by atoms with Crippen molar-refractivity contribution in [1.82, 2.24) is 19.8 Å². The second kappa shape index (κ2) is 14.7. The van der Waals surface area contributed by atoms with E-state index in [1.807, 2.05) is 54.8 Å². The lowest BCUT2D eigenvalue weighted by Crippen LogP contribution is -2.47. The van der Waals surface area contributed by atoms with Crippen molar-refractivity contribution in [2.24, 2.45) is 0 Å². The van der Waals surface area contributed by atoms with Crippen molar-refractivity contribution in [3.8, 4) is 6.07 Å². The van der Waals surface area contributed by atoms with Crippen LogP contribution in [-0.2, 0) is 30.5 Å². The van der Waals surface area contributed by atoms with E-state index in [0.717, 1.165) is 22.9 Å². The maximum absolute atomic E-state index is 13.8. The van der Waals surface area contributed by atoms with Crippen molar-refractivity contribution >= 4 is 28.9 Å². The number of aromatic nitrogens is 2. The van der Waals surface area contributed by atoms with Crippen LogP contribution in [0, 0.1) is 18.3 Å². The van der Waals surface area contributed by atoms with Gasteiger partial charge in [-0.05, 0) is 72.6 Å². The van der Waals surface area contributed by atoms with Gasteiger partial charge in [-0.25, -0.2) is 4.98 Å². The predicted molar refractivity (Wildman–Crippen MR) is 168 cm³/mol. The normalized spacial score (nSPS) is 11.8. The first-order chi connectivity index (χ1) is 21.0. The summed E-state index contributed by atoms with van der Waals surface area (Å²) in [6.45, 7) is 4.41. The van der Waals surface area contributed by atoms with Crippen LogP contribution in [0.25, 0.3) is 0 Å². The molecule has 0 aliphatic heterocycles. The number of aryl methyl sites for hydroxylation is 1. The Morgan fingerprint density at radius 2 is 1.86 bits per heavy atom. The van der Waals surface area contributed by atoms with Gasteiger partial charge in [0, 0.05) is 43.3 Å². The number of alkyl halides is 3. The number of nitriles is 1. The zero-order valence-electron chi connectivity index (χ0n) is 24.4. The number of benzene rings is 3. The van der Waals surface area contributed by atoms with Crippen LogP contribution in [0.15, 0.2) is 85.3 Å². The number of rotatable bonds is 11. The Kier molecular flexibility index (Phi) is 10.7. The van der Waals surface area contributed by atoms with Crippen molar-refractivity contribution in [1.29, 1.82) is 5.26 Å². The molecule has 228 valence electrons. The lowest BCUT2D eigenvalue weighted by molar-refractivity contribution is -0.138. The van der Waals surface area contributed by atoms with E-state index in [-0.39, 0.29) is 36.1 Å². The second-order valence-electron chi connectivity index (χ2n) is 10.5. The first-order valence-corrected chi connectivity index (χ1v) is 14.5. The number of amides is 1. The summed E-state index contributed by atoms with van der Waals surface area (Å²) in [6.07, 6.45) is -0.651. The first-order valence-electron chi connectivity index (χ1n) is 14.1. The van der Waals surface area contributed by atoms with Crippen molar-refractivity contribution in [2.45, 2.75) is 52.0 Å². The fourth-order valence-corrected chi connectivity index (χ4v) is 5.05. The molecule has 4 aromatic rings. The molecule has 0 aliphatic carbocycles.